The second-order valence-corrected chi connectivity index (χ2v) is 16.5. The standard InChI is InChI=1S/C59H38N2O/c1-3-17-43(18-4-1)60(46-31-33-50-49-22-10-13-25-55(49)61(56(50)38-46)44-19-5-2-6-20-44)45-30-32-48-47-21-9-11-23-51(47)59(54(48)37-45)52-24-12-14-26-57(52)62-58-36-42(29-34-53(58)59)41-28-27-39-15-7-8-16-40(39)35-41/h1-38H. The van der Waals surface area contributed by atoms with Gasteiger partial charge in [0.25, 0.3) is 0 Å². The van der Waals surface area contributed by atoms with Crippen molar-refractivity contribution in [3.8, 4) is 39.4 Å². The molecule has 0 saturated heterocycles. The van der Waals surface area contributed by atoms with Crippen molar-refractivity contribution in [2.45, 2.75) is 5.41 Å². The maximum Gasteiger partial charge on any atom is 0.132 e. The van der Waals surface area contributed by atoms with Crippen molar-refractivity contribution in [1.29, 1.82) is 0 Å². The van der Waals surface area contributed by atoms with Crippen LogP contribution >= 0.6 is 0 Å². The van der Waals surface area contributed by atoms with Gasteiger partial charge in [-0.1, -0.05) is 158 Å². The lowest BCUT2D eigenvalue weighted by Gasteiger charge is -2.40. The first-order valence-corrected chi connectivity index (χ1v) is 21.3. The van der Waals surface area contributed by atoms with Gasteiger partial charge in [0.2, 0.25) is 0 Å². The molecular weight excluding hydrogens is 753 g/mol. The number of hydrogen-bond donors (Lipinski definition) is 0. The van der Waals surface area contributed by atoms with Gasteiger partial charge in [-0.2, -0.15) is 0 Å². The molecule has 0 amide bonds. The van der Waals surface area contributed by atoms with Gasteiger partial charge >= 0.3 is 0 Å². The summed E-state index contributed by atoms with van der Waals surface area (Å²) in [6.45, 7) is 0. The maximum atomic E-state index is 6.96. The third-order valence-corrected chi connectivity index (χ3v) is 13.2. The highest BCUT2D eigenvalue weighted by Crippen LogP contribution is 2.63. The molecule has 10 aromatic carbocycles. The summed E-state index contributed by atoms with van der Waals surface area (Å²) in [6, 6.07) is 83.9. The Bertz CT molecular complexity index is 3570. The first-order chi connectivity index (χ1) is 30.7. The molecule has 0 fully saturated rings. The molecule has 0 bridgehead atoms. The van der Waals surface area contributed by atoms with Crippen LogP contribution in [0.3, 0.4) is 0 Å². The van der Waals surface area contributed by atoms with Gasteiger partial charge in [0, 0.05) is 44.6 Å². The number of hydrogen-bond acceptors (Lipinski definition) is 2. The molecule has 1 atom stereocenters. The van der Waals surface area contributed by atoms with Crippen molar-refractivity contribution in [3.63, 3.8) is 0 Å². The molecule has 1 spiro atoms. The zero-order chi connectivity index (χ0) is 40.8. The lowest BCUT2D eigenvalue weighted by Crippen LogP contribution is -2.32. The van der Waals surface area contributed by atoms with E-state index in [1.165, 1.54) is 54.9 Å². The molecule has 1 aliphatic heterocycles. The number of nitrogens with zero attached hydrogens (tertiary/aromatic N) is 2. The van der Waals surface area contributed by atoms with Crippen molar-refractivity contribution in [1.82, 2.24) is 4.57 Å². The fourth-order valence-electron chi connectivity index (χ4n) is 10.6. The normalized spacial score (nSPS) is 14.6. The van der Waals surface area contributed by atoms with E-state index in [1.54, 1.807) is 0 Å². The van der Waals surface area contributed by atoms with E-state index in [0.29, 0.717) is 0 Å². The molecule has 0 N–H and O–H groups in total. The molecule has 1 unspecified atom stereocenters. The maximum absolute atomic E-state index is 6.96. The SMILES string of the molecule is c1ccc(N(c2ccc3c(c2)C2(c4ccccc4Oc4cc(-c5ccc6ccccc6c5)ccc42)c2ccccc2-3)c2ccc3c4ccccc4n(-c4ccccc4)c3c2)cc1. The molecule has 11 aromatic rings. The molecule has 2 heterocycles. The van der Waals surface area contributed by atoms with Crippen LogP contribution in [0.2, 0.25) is 0 Å². The molecule has 0 radical (unpaired) electrons. The van der Waals surface area contributed by atoms with Crippen LogP contribution in [0.5, 0.6) is 11.5 Å². The van der Waals surface area contributed by atoms with Gasteiger partial charge in [-0.15, -0.1) is 0 Å². The molecule has 290 valence electrons. The van der Waals surface area contributed by atoms with Crippen LogP contribution in [0.1, 0.15) is 22.3 Å². The average Bonchev–Trinajstić information content (AvgIpc) is 3.82. The third-order valence-electron chi connectivity index (χ3n) is 13.2. The number of ether oxygens (including phenoxy) is 1. The van der Waals surface area contributed by atoms with Crippen LogP contribution in [-0.2, 0) is 5.41 Å². The molecule has 3 heteroatoms. The van der Waals surface area contributed by atoms with Gasteiger partial charge in [0.05, 0.1) is 16.4 Å². The fraction of sp³-hybridized carbons (Fsp3) is 0.0169. The van der Waals surface area contributed by atoms with Crippen molar-refractivity contribution < 1.29 is 4.74 Å². The smallest absolute Gasteiger partial charge is 0.132 e. The molecule has 13 rings (SSSR count). The predicted octanol–water partition coefficient (Wildman–Crippen LogP) is 15.5. The summed E-state index contributed by atoms with van der Waals surface area (Å²) in [4.78, 5) is 2.42. The minimum Gasteiger partial charge on any atom is -0.457 e. The van der Waals surface area contributed by atoms with Crippen molar-refractivity contribution >= 4 is 49.6 Å². The highest BCUT2D eigenvalue weighted by Gasteiger charge is 2.51. The Morgan fingerprint density at radius 1 is 0.355 bits per heavy atom. The van der Waals surface area contributed by atoms with Crippen LogP contribution in [0.25, 0.3) is 60.5 Å². The van der Waals surface area contributed by atoms with Gasteiger partial charge < -0.3 is 14.2 Å². The Morgan fingerprint density at radius 2 is 0.984 bits per heavy atom. The Kier molecular flexibility index (Phi) is 7.52. The number of aromatic nitrogens is 1. The molecule has 2 aliphatic rings. The van der Waals surface area contributed by atoms with Crippen molar-refractivity contribution in [2.24, 2.45) is 0 Å². The number of rotatable bonds is 5. The van der Waals surface area contributed by atoms with Crippen LogP contribution in [0.4, 0.5) is 17.1 Å². The number of anilines is 3. The summed E-state index contributed by atoms with van der Waals surface area (Å²) in [5.74, 6) is 1.75. The summed E-state index contributed by atoms with van der Waals surface area (Å²) in [5.41, 5.74) is 15.7. The lowest BCUT2D eigenvalue weighted by atomic mass is 9.66. The van der Waals surface area contributed by atoms with Gasteiger partial charge in [0.1, 0.15) is 11.5 Å². The average molecular weight is 791 g/mol. The van der Waals surface area contributed by atoms with Crippen LogP contribution < -0.4 is 9.64 Å². The Balaban J connectivity index is 1.05. The predicted molar refractivity (Wildman–Crippen MR) is 256 cm³/mol. The molecule has 1 aromatic heterocycles. The van der Waals surface area contributed by atoms with Gasteiger partial charge in [-0.05, 0) is 117 Å². The zero-order valence-corrected chi connectivity index (χ0v) is 33.7. The largest absolute Gasteiger partial charge is 0.457 e. The van der Waals surface area contributed by atoms with E-state index in [4.69, 9.17) is 4.74 Å². The summed E-state index contributed by atoms with van der Waals surface area (Å²) >= 11 is 0. The van der Waals surface area contributed by atoms with E-state index in [-0.39, 0.29) is 0 Å². The first kappa shape index (κ1) is 34.7. The van der Waals surface area contributed by atoms with Crippen molar-refractivity contribution in [2.75, 3.05) is 4.90 Å². The summed E-state index contributed by atoms with van der Waals surface area (Å²) in [7, 11) is 0. The van der Waals surface area contributed by atoms with Gasteiger partial charge in [-0.3, -0.25) is 0 Å². The second kappa shape index (κ2) is 13.4. The number of para-hydroxylation sites is 4. The highest BCUT2D eigenvalue weighted by molar-refractivity contribution is 6.10. The zero-order valence-electron chi connectivity index (χ0n) is 33.7. The quantitative estimate of drug-likeness (QED) is 0.173. The van der Waals surface area contributed by atoms with Gasteiger partial charge in [-0.25, -0.2) is 0 Å². The monoisotopic (exact) mass is 790 g/mol. The van der Waals surface area contributed by atoms with Gasteiger partial charge in [0.15, 0.2) is 0 Å². The minimum absolute atomic E-state index is 0.625. The summed E-state index contributed by atoms with van der Waals surface area (Å²) in [6.07, 6.45) is 0. The minimum atomic E-state index is -0.625. The fourth-order valence-corrected chi connectivity index (χ4v) is 10.6. The first-order valence-electron chi connectivity index (χ1n) is 21.3. The topological polar surface area (TPSA) is 17.4 Å². The molecule has 62 heavy (non-hydrogen) atoms. The Hall–Kier alpha value is -8.14. The second-order valence-electron chi connectivity index (χ2n) is 16.5. The van der Waals surface area contributed by atoms with Crippen LogP contribution in [-0.4, -0.2) is 4.57 Å². The summed E-state index contributed by atoms with van der Waals surface area (Å²) in [5, 5.41) is 4.92. The molecule has 3 nitrogen and oxygen atoms in total. The molecule has 1 aliphatic carbocycles. The van der Waals surface area contributed by atoms with Crippen molar-refractivity contribution in [3.05, 3.63) is 253 Å². The lowest BCUT2D eigenvalue weighted by molar-refractivity contribution is 0.436. The molecule has 0 saturated carbocycles. The van der Waals surface area contributed by atoms with E-state index in [1.807, 2.05) is 0 Å². The number of fused-ring (bicyclic) bond motifs is 13. The van der Waals surface area contributed by atoms with Crippen LogP contribution in [0, 0.1) is 0 Å². The van der Waals surface area contributed by atoms with E-state index in [9.17, 15) is 0 Å². The molecular formula is C59H38N2O. The van der Waals surface area contributed by atoms with E-state index in [2.05, 4.69) is 240 Å². The Labute approximate surface area is 360 Å². The Morgan fingerprint density at radius 3 is 1.87 bits per heavy atom. The van der Waals surface area contributed by atoms with E-state index in [0.717, 1.165) is 56.5 Å². The van der Waals surface area contributed by atoms with E-state index >= 15 is 0 Å². The summed E-state index contributed by atoms with van der Waals surface area (Å²) < 4.78 is 9.36. The van der Waals surface area contributed by atoms with E-state index < -0.39 is 5.41 Å². The number of benzene rings is 10. The van der Waals surface area contributed by atoms with Crippen LogP contribution in [0.15, 0.2) is 231 Å². The third kappa shape index (κ3) is 5.00. The highest BCUT2D eigenvalue weighted by atomic mass is 16.5.